The maximum atomic E-state index is 13.4. The Morgan fingerprint density at radius 3 is 2.59 bits per heavy atom. The summed E-state index contributed by atoms with van der Waals surface area (Å²) in [7, 11) is -3.75. The Hall–Kier alpha value is -2.89. The van der Waals surface area contributed by atoms with Gasteiger partial charge in [-0.2, -0.15) is 4.39 Å². The van der Waals surface area contributed by atoms with Gasteiger partial charge in [0.2, 0.25) is 15.8 Å². The zero-order valence-electron chi connectivity index (χ0n) is 15.1. The molecule has 1 aliphatic heterocycles. The summed E-state index contributed by atoms with van der Waals surface area (Å²) >= 11 is 0. The number of ether oxygens (including phenoxy) is 1. The van der Waals surface area contributed by atoms with Crippen molar-refractivity contribution in [2.24, 2.45) is 0 Å². The number of nitro benzene ring substituents is 1. The Morgan fingerprint density at radius 2 is 1.97 bits per heavy atom. The van der Waals surface area contributed by atoms with Crippen LogP contribution in [0.15, 0.2) is 47.4 Å². The summed E-state index contributed by atoms with van der Waals surface area (Å²) in [5.41, 5.74) is -0.588. The molecule has 1 heterocycles. The van der Waals surface area contributed by atoms with Crippen molar-refractivity contribution in [3.8, 4) is 0 Å². The molecule has 1 amide bonds. The van der Waals surface area contributed by atoms with Crippen molar-refractivity contribution in [1.82, 2.24) is 4.72 Å². The van der Waals surface area contributed by atoms with Gasteiger partial charge in [-0.1, -0.05) is 0 Å². The molecule has 0 spiro atoms. The van der Waals surface area contributed by atoms with E-state index in [-0.39, 0.29) is 28.8 Å². The summed E-state index contributed by atoms with van der Waals surface area (Å²) < 4.78 is 45.9. The van der Waals surface area contributed by atoms with Crippen LogP contribution in [0, 0.1) is 15.9 Å². The first kappa shape index (κ1) is 20.8. The highest BCUT2D eigenvalue weighted by atomic mass is 32.2. The molecule has 154 valence electrons. The lowest BCUT2D eigenvalue weighted by atomic mass is 10.2. The number of anilines is 1. The first-order chi connectivity index (χ1) is 13.8. The maximum Gasteiger partial charge on any atom is 0.306 e. The van der Waals surface area contributed by atoms with Crippen molar-refractivity contribution in [3.63, 3.8) is 0 Å². The fourth-order valence-corrected chi connectivity index (χ4v) is 3.88. The van der Waals surface area contributed by atoms with Crippen molar-refractivity contribution in [2.45, 2.75) is 23.8 Å². The van der Waals surface area contributed by atoms with Crippen LogP contribution < -0.4 is 10.0 Å². The summed E-state index contributed by atoms with van der Waals surface area (Å²) in [5.74, 6) is -1.64. The van der Waals surface area contributed by atoms with Gasteiger partial charge in [0, 0.05) is 30.5 Å². The van der Waals surface area contributed by atoms with Crippen LogP contribution in [0.2, 0.25) is 0 Å². The van der Waals surface area contributed by atoms with Crippen LogP contribution in [0.1, 0.15) is 23.2 Å². The summed E-state index contributed by atoms with van der Waals surface area (Å²) in [5, 5.41) is 13.2. The number of benzene rings is 2. The predicted molar refractivity (Wildman–Crippen MR) is 102 cm³/mol. The lowest BCUT2D eigenvalue weighted by Gasteiger charge is -2.12. The first-order valence-electron chi connectivity index (χ1n) is 8.73. The van der Waals surface area contributed by atoms with Crippen molar-refractivity contribution in [1.29, 1.82) is 0 Å². The Balaban J connectivity index is 1.67. The van der Waals surface area contributed by atoms with Crippen molar-refractivity contribution in [3.05, 3.63) is 64.0 Å². The summed E-state index contributed by atoms with van der Waals surface area (Å²) in [6.07, 6.45) is 1.55. The molecule has 1 aliphatic rings. The van der Waals surface area contributed by atoms with Gasteiger partial charge in [0.1, 0.15) is 0 Å². The number of hydrogen-bond acceptors (Lipinski definition) is 6. The van der Waals surface area contributed by atoms with E-state index < -0.39 is 32.4 Å². The van der Waals surface area contributed by atoms with Crippen LogP contribution in [0.4, 0.5) is 15.8 Å². The minimum absolute atomic E-state index is 0.00975. The lowest BCUT2D eigenvalue weighted by molar-refractivity contribution is -0.387. The highest BCUT2D eigenvalue weighted by molar-refractivity contribution is 7.89. The highest BCUT2D eigenvalue weighted by Gasteiger charge is 2.21. The second kappa shape index (κ2) is 8.64. The predicted octanol–water partition coefficient (Wildman–Crippen LogP) is 2.44. The van der Waals surface area contributed by atoms with Gasteiger partial charge in [-0.25, -0.2) is 13.1 Å². The molecule has 2 aromatic carbocycles. The largest absolute Gasteiger partial charge is 0.377 e. The molecule has 2 aromatic rings. The molecule has 0 aliphatic carbocycles. The van der Waals surface area contributed by atoms with E-state index in [9.17, 15) is 27.7 Å². The molecule has 0 aromatic heterocycles. The number of hydrogen-bond donors (Lipinski definition) is 2. The van der Waals surface area contributed by atoms with Crippen molar-refractivity contribution < 1.29 is 27.3 Å². The van der Waals surface area contributed by atoms with E-state index in [2.05, 4.69) is 10.0 Å². The standard InChI is InChI=1S/C18H18FN3O6S/c19-16-8-5-13(10-17(16)22(24)25)21-18(23)12-3-6-15(7-4-12)29(26,27)20-11-14-2-1-9-28-14/h3-8,10,14,20H,1-2,9,11H2,(H,21,23)/t14-/m0/s1. The van der Waals surface area contributed by atoms with Gasteiger partial charge in [0.15, 0.2) is 0 Å². The average molecular weight is 423 g/mol. The molecule has 0 bridgehead atoms. The molecule has 29 heavy (non-hydrogen) atoms. The minimum atomic E-state index is -3.75. The number of carbonyl (C=O) groups excluding carboxylic acids is 1. The van der Waals surface area contributed by atoms with Gasteiger partial charge >= 0.3 is 5.69 Å². The van der Waals surface area contributed by atoms with Crippen LogP contribution in [0.3, 0.4) is 0 Å². The number of sulfonamides is 1. The maximum absolute atomic E-state index is 13.4. The molecule has 11 heteroatoms. The molecule has 1 saturated heterocycles. The molecular weight excluding hydrogens is 405 g/mol. The third kappa shape index (κ3) is 5.13. The van der Waals surface area contributed by atoms with E-state index in [1.807, 2.05) is 0 Å². The van der Waals surface area contributed by atoms with E-state index in [1.165, 1.54) is 30.3 Å². The van der Waals surface area contributed by atoms with Gasteiger partial charge in [-0.3, -0.25) is 14.9 Å². The third-order valence-electron chi connectivity index (χ3n) is 4.35. The van der Waals surface area contributed by atoms with Crippen LogP contribution in [-0.4, -0.2) is 38.5 Å². The molecule has 2 N–H and O–H groups in total. The molecule has 1 fully saturated rings. The molecule has 0 radical (unpaired) electrons. The monoisotopic (exact) mass is 423 g/mol. The first-order valence-corrected chi connectivity index (χ1v) is 10.2. The van der Waals surface area contributed by atoms with E-state index >= 15 is 0 Å². The van der Waals surface area contributed by atoms with Crippen LogP contribution in [-0.2, 0) is 14.8 Å². The fourth-order valence-electron chi connectivity index (χ4n) is 2.81. The molecule has 9 nitrogen and oxygen atoms in total. The van der Waals surface area contributed by atoms with E-state index in [4.69, 9.17) is 4.74 Å². The molecule has 3 rings (SSSR count). The van der Waals surface area contributed by atoms with Gasteiger partial charge < -0.3 is 10.1 Å². The highest BCUT2D eigenvalue weighted by Crippen LogP contribution is 2.22. The van der Waals surface area contributed by atoms with Gasteiger partial charge in [0.05, 0.1) is 15.9 Å². The van der Waals surface area contributed by atoms with Gasteiger partial charge in [-0.05, 0) is 49.2 Å². The van der Waals surface area contributed by atoms with E-state index in [1.54, 1.807) is 0 Å². The minimum Gasteiger partial charge on any atom is -0.377 e. The topological polar surface area (TPSA) is 128 Å². The molecular formula is C18H18FN3O6S. The third-order valence-corrected chi connectivity index (χ3v) is 5.79. The number of nitrogens with zero attached hydrogens (tertiary/aromatic N) is 1. The normalized spacial score (nSPS) is 16.5. The smallest absolute Gasteiger partial charge is 0.306 e. The lowest BCUT2D eigenvalue weighted by Crippen LogP contribution is -2.31. The number of rotatable bonds is 7. The Labute approximate surface area is 166 Å². The summed E-state index contributed by atoms with van der Waals surface area (Å²) in [6, 6.07) is 8.15. The van der Waals surface area contributed by atoms with Crippen molar-refractivity contribution >= 4 is 27.3 Å². The number of carbonyl (C=O) groups is 1. The Morgan fingerprint density at radius 1 is 1.24 bits per heavy atom. The number of halogens is 1. The summed E-state index contributed by atoms with van der Waals surface area (Å²) in [4.78, 5) is 22.2. The van der Waals surface area contributed by atoms with E-state index in [0.717, 1.165) is 25.0 Å². The van der Waals surface area contributed by atoms with Crippen molar-refractivity contribution in [2.75, 3.05) is 18.5 Å². The molecule has 0 unspecified atom stereocenters. The van der Waals surface area contributed by atoms with Crippen LogP contribution in [0.25, 0.3) is 0 Å². The van der Waals surface area contributed by atoms with Gasteiger partial charge in [0.25, 0.3) is 5.91 Å². The van der Waals surface area contributed by atoms with Gasteiger partial charge in [-0.15, -0.1) is 0 Å². The average Bonchev–Trinajstić information content (AvgIpc) is 3.21. The quantitative estimate of drug-likeness (QED) is 0.520. The SMILES string of the molecule is O=C(Nc1ccc(F)c([N+](=O)[O-])c1)c1ccc(S(=O)(=O)NC[C@@H]2CCCO2)cc1. The Kier molecular flexibility index (Phi) is 6.20. The van der Waals surface area contributed by atoms with Crippen LogP contribution >= 0.6 is 0 Å². The number of amides is 1. The second-order valence-electron chi connectivity index (χ2n) is 6.39. The van der Waals surface area contributed by atoms with E-state index in [0.29, 0.717) is 6.61 Å². The fraction of sp³-hybridized carbons (Fsp3) is 0.278. The zero-order chi connectivity index (χ0) is 21.0. The molecule has 1 atom stereocenters. The number of nitrogens with one attached hydrogen (secondary N) is 2. The zero-order valence-corrected chi connectivity index (χ0v) is 15.9. The number of nitro groups is 1. The Bertz CT molecular complexity index is 1020. The summed E-state index contributed by atoms with van der Waals surface area (Å²) in [6.45, 7) is 0.793. The van der Waals surface area contributed by atoms with Crippen LogP contribution in [0.5, 0.6) is 0 Å². The molecule has 0 saturated carbocycles. The second-order valence-corrected chi connectivity index (χ2v) is 8.16.